The molecule has 0 bridgehead atoms. The van der Waals surface area contributed by atoms with Crippen molar-refractivity contribution in [3.05, 3.63) is 42.5 Å². The second-order valence-electron chi connectivity index (χ2n) is 5.80. The zero-order valence-corrected chi connectivity index (χ0v) is 17.3. The summed E-state index contributed by atoms with van der Waals surface area (Å²) in [6, 6.07) is 14.0. The van der Waals surface area contributed by atoms with E-state index in [1.807, 2.05) is 68.2 Å². The maximum Gasteiger partial charge on any atom is 0.409 e. The number of aromatic nitrogens is 1. The van der Waals surface area contributed by atoms with Crippen LogP contribution in [0.3, 0.4) is 0 Å². The van der Waals surface area contributed by atoms with Crippen LogP contribution < -0.4 is 14.2 Å². The number of hydrogen-bond donors (Lipinski definition) is 0. The van der Waals surface area contributed by atoms with E-state index in [1.165, 1.54) is 0 Å². The highest BCUT2D eigenvalue weighted by Crippen LogP contribution is 2.30. The minimum Gasteiger partial charge on any atom is -0.759 e. The van der Waals surface area contributed by atoms with Gasteiger partial charge < -0.3 is 18.7 Å². The Morgan fingerprint density at radius 3 is 2.21 bits per heavy atom. The van der Waals surface area contributed by atoms with Gasteiger partial charge in [0.1, 0.15) is 17.0 Å². The predicted molar refractivity (Wildman–Crippen MR) is 105 cm³/mol. The van der Waals surface area contributed by atoms with Crippen LogP contribution in [-0.4, -0.2) is 38.7 Å². The number of nitrogens with zero attached hydrogens (tertiary/aromatic N) is 4. The molecule has 0 amide bonds. The van der Waals surface area contributed by atoms with E-state index in [0.717, 1.165) is 32.5 Å². The van der Waals surface area contributed by atoms with Gasteiger partial charge in [0.05, 0.1) is 24.0 Å². The largest absolute Gasteiger partial charge is 0.759 e. The van der Waals surface area contributed by atoms with Crippen LogP contribution in [0.1, 0.15) is 0 Å². The fraction of sp³-hybridized carbons (Fsp3) is 0.235. The first-order valence-electron chi connectivity index (χ1n) is 7.91. The SMILES string of the molecule is COc1ccc2c(c1)sc(N=Nc1ccc(N(C)C)cc1)[n+]2C.O=S(=O)([O-])[O-]. The van der Waals surface area contributed by atoms with Crippen molar-refractivity contribution in [2.24, 2.45) is 17.3 Å². The molecule has 0 unspecified atom stereocenters. The lowest BCUT2D eigenvalue weighted by Crippen LogP contribution is -2.25. The smallest absolute Gasteiger partial charge is 0.409 e. The third kappa shape index (κ3) is 6.23. The van der Waals surface area contributed by atoms with Gasteiger partial charge in [0.15, 0.2) is 0 Å². The first-order chi connectivity index (χ1) is 13.1. The molecule has 0 aliphatic rings. The number of methoxy groups -OCH3 is 1. The first kappa shape index (κ1) is 21.7. The summed E-state index contributed by atoms with van der Waals surface area (Å²) in [5.41, 5.74) is 3.10. The number of azo groups is 1. The average Bonchev–Trinajstić information content (AvgIpc) is 2.94. The second-order valence-corrected chi connectivity index (χ2v) is 7.62. The molecular formula is C17H19N4O5S2-. The lowest BCUT2D eigenvalue weighted by atomic mass is 10.3. The molecule has 28 heavy (non-hydrogen) atoms. The van der Waals surface area contributed by atoms with E-state index in [2.05, 4.69) is 15.1 Å². The van der Waals surface area contributed by atoms with Gasteiger partial charge in [-0.05, 0) is 52.8 Å². The van der Waals surface area contributed by atoms with Gasteiger partial charge in [-0.15, -0.1) is 0 Å². The third-order valence-corrected chi connectivity index (χ3v) is 4.72. The highest BCUT2D eigenvalue weighted by molar-refractivity contribution is 7.79. The molecule has 1 heterocycles. The fourth-order valence-electron chi connectivity index (χ4n) is 2.26. The van der Waals surface area contributed by atoms with Crippen LogP contribution in [0.2, 0.25) is 0 Å². The molecule has 11 heteroatoms. The van der Waals surface area contributed by atoms with Gasteiger partial charge in [-0.1, -0.05) is 0 Å². The van der Waals surface area contributed by atoms with Crippen molar-refractivity contribution in [1.29, 1.82) is 0 Å². The summed E-state index contributed by atoms with van der Waals surface area (Å²) in [4.78, 5) is 2.06. The summed E-state index contributed by atoms with van der Waals surface area (Å²) in [5, 5.41) is 9.59. The van der Waals surface area contributed by atoms with Gasteiger partial charge in [0.25, 0.3) is 0 Å². The molecule has 0 N–H and O–H groups in total. The van der Waals surface area contributed by atoms with Crippen molar-refractivity contribution >= 4 is 48.5 Å². The van der Waals surface area contributed by atoms with Crippen LogP contribution >= 0.6 is 11.3 Å². The number of benzene rings is 2. The second kappa shape index (κ2) is 9.06. The number of fused-ring (bicyclic) bond motifs is 1. The Bertz CT molecular complexity index is 1070. The van der Waals surface area contributed by atoms with E-state index in [0.29, 0.717) is 0 Å². The van der Waals surface area contributed by atoms with E-state index >= 15 is 0 Å². The fourth-order valence-corrected chi connectivity index (χ4v) is 3.25. The number of anilines is 1. The maximum absolute atomic E-state index is 8.52. The highest BCUT2D eigenvalue weighted by Gasteiger charge is 2.16. The Morgan fingerprint density at radius 2 is 1.68 bits per heavy atom. The molecule has 0 aliphatic carbocycles. The van der Waals surface area contributed by atoms with E-state index < -0.39 is 10.4 Å². The van der Waals surface area contributed by atoms with Crippen molar-refractivity contribution in [2.45, 2.75) is 0 Å². The molecule has 0 saturated heterocycles. The summed E-state index contributed by atoms with van der Waals surface area (Å²) in [6.45, 7) is 0. The molecule has 0 fully saturated rings. The molecule has 3 rings (SSSR count). The van der Waals surface area contributed by atoms with Gasteiger partial charge in [-0.2, -0.15) is 0 Å². The quantitative estimate of drug-likeness (QED) is 0.275. The average molecular weight is 423 g/mol. The minimum atomic E-state index is -5.17. The lowest BCUT2D eigenvalue weighted by molar-refractivity contribution is -0.627. The molecular weight excluding hydrogens is 404 g/mol. The molecule has 3 aromatic rings. The number of hydrogen-bond acceptors (Lipinski definition) is 9. The van der Waals surface area contributed by atoms with Gasteiger partial charge in [-0.25, -0.2) is 4.57 Å². The highest BCUT2D eigenvalue weighted by atomic mass is 32.3. The molecule has 1 aromatic heterocycles. The van der Waals surface area contributed by atoms with Crippen LogP contribution in [0.15, 0.2) is 52.7 Å². The number of rotatable bonds is 4. The van der Waals surface area contributed by atoms with Crippen LogP contribution in [0, 0.1) is 0 Å². The Kier molecular flexibility index (Phi) is 7.02. The molecule has 0 radical (unpaired) electrons. The monoisotopic (exact) mass is 423 g/mol. The normalized spacial score (nSPS) is 11.4. The van der Waals surface area contributed by atoms with E-state index in [-0.39, 0.29) is 0 Å². The summed E-state index contributed by atoms with van der Waals surface area (Å²) in [6.07, 6.45) is 0. The van der Waals surface area contributed by atoms with Crippen molar-refractivity contribution in [3.8, 4) is 5.75 Å². The minimum absolute atomic E-state index is 0.839. The number of aryl methyl sites for hydroxylation is 1. The van der Waals surface area contributed by atoms with Gasteiger partial charge in [0, 0.05) is 36.2 Å². The van der Waals surface area contributed by atoms with E-state index in [9.17, 15) is 0 Å². The lowest BCUT2D eigenvalue weighted by Gasteiger charge is -2.11. The van der Waals surface area contributed by atoms with E-state index in [1.54, 1.807) is 18.4 Å². The molecule has 2 aromatic carbocycles. The summed E-state index contributed by atoms with van der Waals surface area (Å²) in [7, 11) is 2.53. The topological polar surface area (TPSA) is 121 Å². The molecule has 0 atom stereocenters. The molecule has 0 saturated carbocycles. The Hall–Kier alpha value is -2.60. The first-order valence-corrected chi connectivity index (χ1v) is 10.1. The Labute approximate surface area is 167 Å². The Balaban J connectivity index is 0.000000500. The summed E-state index contributed by atoms with van der Waals surface area (Å²) in [5.74, 6) is 0.849. The van der Waals surface area contributed by atoms with Gasteiger partial charge >= 0.3 is 5.13 Å². The molecule has 150 valence electrons. The van der Waals surface area contributed by atoms with Crippen LogP contribution in [0.25, 0.3) is 10.2 Å². The number of thiazole rings is 1. The van der Waals surface area contributed by atoms with Crippen LogP contribution in [-0.2, 0) is 17.4 Å². The van der Waals surface area contributed by atoms with Crippen molar-refractivity contribution < 1.29 is 26.8 Å². The molecule has 0 spiro atoms. The van der Waals surface area contributed by atoms with Crippen molar-refractivity contribution in [3.63, 3.8) is 0 Å². The maximum atomic E-state index is 8.52. The van der Waals surface area contributed by atoms with Gasteiger partial charge in [0.2, 0.25) is 0 Å². The van der Waals surface area contributed by atoms with Gasteiger partial charge in [-0.3, -0.25) is 8.42 Å². The zero-order valence-electron chi connectivity index (χ0n) is 15.7. The predicted octanol–water partition coefficient (Wildman–Crippen LogP) is 2.88. The van der Waals surface area contributed by atoms with Crippen LogP contribution in [0.5, 0.6) is 5.75 Å². The summed E-state index contributed by atoms with van der Waals surface area (Å²) < 4.78 is 42.5. The number of ether oxygens (including phenoxy) is 1. The van der Waals surface area contributed by atoms with Crippen molar-refractivity contribution in [1.82, 2.24) is 0 Å². The van der Waals surface area contributed by atoms with Crippen LogP contribution in [0.4, 0.5) is 16.5 Å². The van der Waals surface area contributed by atoms with Crippen molar-refractivity contribution in [2.75, 3.05) is 26.1 Å². The Morgan fingerprint density at radius 1 is 1.07 bits per heavy atom. The van der Waals surface area contributed by atoms with E-state index in [4.69, 9.17) is 22.3 Å². The molecule has 9 nitrogen and oxygen atoms in total. The third-order valence-electron chi connectivity index (χ3n) is 3.63. The molecule has 0 aliphatic heterocycles. The summed E-state index contributed by atoms with van der Waals surface area (Å²) >= 11 is 1.60. The zero-order chi connectivity index (χ0) is 20.9. The standard InChI is InChI=1S/C17H19N4OS.H2O4S/c1-20(2)13-7-5-12(6-8-13)18-19-17-21(3)15-10-9-14(22-4)11-16(15)23-17;1-5(2,3)4/h5-11H,1-4H3;(H2,1,2,3,4)/q+1;/p-2.